The van der Waals surface area contributed by atoms with Crippen molar-refractivity contribution in [2.75, 3.05) is 51.7 Å². The molecule has 1 amide bonds. The molecule has 1 fully saturated rings. The van der Waals surface area contributed by atoms with Crippen molar-refractivity contribution < 1.29 is 28.9 Å². The third-order valence-electron chi connectivity index (χ3n) is 7.72. The molecule has 9 nitrogen and oxygen atoms in total. The third-order valence-corrected chi connectivity index (χ3v) is 7.72. The van der Waals surface area contributed by atoms with E-state index in [4.69, 9.17) is 14.2 Å². The lowest BCUT2D eigenvalue weighted by Gasteiger charge is -2.37. The van der Waals surface area contributed by atoms with Gasteiger partial charge < -0.3 is 19.3 Å². The molecule has 9 heteroatoms. The molecule has 0 saturated carbocycles. The highest BCUT2D eigenvalue weighted by Crippen LogP contribution is 2.43. The van der Waals surface area contributed by atoms with Gasteiger partial charge in [-0.05, 0) is 48.0 Å². The number of aliphatic hydroxyl groups is 1. The van der Waals surface area contributed by atoms with E-state index in [-0.39, 0.29) is 19.0 Å². The maximum absolute atomic E-state index is 13.7. The summed E-state index contributed by atoms with van der Waals surface area (Å²) in [6.07, 6.45) is -0.324. The van der Waals surface area contributed by atoms with Gasteiger partial charge in [0.15, 0.2) is 22.9 Å². The number of amides is 1. The van der Waals surface area contributed by atoms with Gasteiger partial charge >= 0.3 is 0 Å². The number of anilines is 1. The molecule has 3 aliphatic heterocycles. The molecule has 0 bridgehead atoms. The molecular weight excluding hydrogens is 498 g/mol. The van der Waals surface area contributed by atoms with Crippen LogP contribution < -0.4 is 19.1 Å². The third kappa shape index (κ3) is 4.85. The van der Waals surface area contributed by atoms with E-state index in [1.54, 1.807) is 48.4 Å². The van der Waals surface area contributed by atoms with Gasteiger partial charge in [-0.3, -0.25) is 24.3 Å². The van der Waals surface area contributed by atoms with Crippen molar-refractivity contribution in [3.05, 3.63) is 83.4 Å². The van der Waals surface area contributed by atoms with Crippen LogP contribution in [-0.2, 0) is 16.9 Å². The molecule has 39 heavy (non-hydrogen) atoms. The average Bonchev–Trinajstić information content (AvgIpc) is 3.51. The number of benzene rings is 3. The Kier molecular flexibility index (Phi) is 6.72. The van der Waals surface area contributed by atoms with Gasteiger partial charge in [0.2, 0.25) is 6.79 Å². The van der Waals surface area contributed by atoms with Crippen LogP contribution in [-0.4, -0.2) is 73.3 Å². The molecule has 0 spiro atoms. The van der Waals surface area contributed by atoms with Gasteiger partial charge in [-0.1, -0.05) is 24.3 Å². The standard InChI is InChI=1S/C30H31N3O6/c1-37-23-9-7-22(8-10-23)26(34)17-30(36)24-4-2-3-5-25(24)33(29(30)35)19-32-14-12-31(13-15-32)18-21-6-11-27-28(16-21)39-20-38-27/h2-11,16,36H,12-15,17-20H2,1H3/t30-/m0/s1. The first-order valence-corrected chi connectivity index (χ1v) is 13.1. The second-order valence-corrected chi connectivity index (χ2v) is 10.2. The SMILES string of the molecule is COc1ccc(C(=O)C[C@@]2(O)C(=O)N(CN3CCN(Cc4ccc5c(c4)OCO5)CC3)c3ccccc32)cc1. The lowest BCUT2D eigenvalue weighted by molar-refractivity contribution is -0.136. The van der Waals surface area contributed by atoms with E-state index in [9.17, 15) is 14.7 Å². The lowest BCUT2D eigenvalue weighted by atomic mass is 9.88. The van der Waals surface area contributed by atoms with Gasteiger partial charge in [0.25, 0.3) is 5.91 Å². The Bertz CT molecular complexity index is 1390. The topological polar surface area (TPSA) is 91.8 Å². The number of piperazine rings is 1. The van der Waals surface area contributed by atoms with Crippen molar-refractivity contribution in [3.63, 3.8) is 0 Å². The molecule has 1 N–H and O–H groups in total. The molecule has 3 aromatic rings. The van der Waals surface area contributed by atoms with Crippen molar-refractivity contribution >= 4 is 17.4 Å². The first kappa shape index (κ1) is 25.4. The number of fused-ring (bicyclic) bond motifs is 2. The number of methoxy groups -OCH3 is 1. The number of rotatable bonds is 8. The van der Waals surface area contributed by atoms with Crippen LogP contribution in [0.1, 0.15) is 27.9 Å². The minimum Gasteiger partial charge on any atom is -0.497 e. The van der Waals surface area contributed by atoms with Crippen LogP contribution in [0.5, 0.6) is 17.2 Å². The van der Waals surface area contributed by atoms with Crippen molar-refractivity contribution in [2.45, 2.75) is 18.6 Å². The van der Waals surface area contributed by atoms with Gasteiger partial charge in [0.1, 0.15) is 5.75 Å². The average molecular weight is 530 g/mol. The number of carbonyl (C=O) groups is 2. The van der Waals surface area contributed by atoms with Crippen LogP contribution in [0.25, 0.3) is 0 Å². The first-order valence-electron chi connectivity index (χ1n) is 13.1. The number of ether oxygens (including phenoxy) is 3. The maximum Gasteiger partial charge on any atom is 0.265 e. The van der Waals surface area contributed by atoms with Gasteiger partial charge in [-0.25, -0.2) is 0 Å². The van der Waals surface area contributed by atoms with Gasteiger partial charge in [-0.15, -0.1) is 0 Å². The van der Waals surface area contributed by atoms with Crippen molar-refractivity contribution in [1.82, 2.24) is 9.80 Å². The summed E-state index contributed by atoms with van der Waals surface area (Å²) in [4.78, 5) is 33.0. The van der Waals surface area contributed by atoms with E-state index in [1.807, 2.05) is 24.3 Å². The highest BCUT2D eigenvalue weighted by atomic mass is 16.7. The normalized spacial score (nSPS) is 20.8. The maximum atomic E-state index is 13.7. The number of hydrogen-bond acceptors (Lipinski definition) is 8. The summed E-state index contributed by atoms with van der Waals surface area (Å²) in [7, 11) is 1.56. The predicted octanol–water partition coefficient (Wildman–Crippen LogP) is 3.01. The minimum atomic E-state index is -1.91. The Morgan fingerprint density at radius 2 is 1.67 bits per heavy atom. The van der Waals surface area contributed by atoms with Gasteiger partial charge in [0.05, 0.1) is 25.9 Å². The molecule has 1 saturated heterocycles. The van der Waals surface area contributed by atoms with Crippen molar-refractivity contribution in [2.24, 2.45) is 0 Å². The number of carbonyl (C=O) groups excluding carboxylic acids is 2. The molecule has 3 aromatic carbocycles. The molecule has 0 aromatic heterocycles. The molecule has 0 aliphatic carbocycles. The molecule has 0 radical (unpaired) electrons. The Morgan fingerprint density at radius 3 is 2.44 bits per heavy atom. The van der Waals surface area contributed by atoms with Crippen molar-refractivity contribution in [1.29, 1.82) is 0 Å². The van der Waals surface area contributed by atoms with Crippen LogP contribution in [0.4, 0.5) is 5.69 Å². The van der Waals surface area contributed by atoms with Crippen LogP contribution >= 0.6 is 0 Å². The Labute approximate surface area is 227 Å². The summed E-state index contributed by atoms with van der Waals surface area (Å²) >= 11 is 0. The zero-order valence-electron chi connectivity index (χ0n) is 21.8. The minimum absolute atomic E-state index is 0.264. The fourth-order valence-electron chi connectivity index (χ4n) is 5.52. The number of nitrogens with zero attached hydrogens (tertiary/aromatic N) is 3. The largest absolute Gasteiger partial charge is 0.497 e. The molecule has 6 rings (SSSR count). The van der Waals surface area contributed by atoms with Gasteiger partial charge in [-0.2, -0.15) is 0 Å². The van der Waals surface area contributed by atoms with Crippen LogP contribution in [0.3, 0.4) is 0 Å². The summed E-state index contributed by atoms with van der Waals surface area (Å²) < 4.78 is 16.1. The highest BCUT2D eigenvalue weighted by Gasteiger charge is 2.51. The number of ketones is 1. The summed E-state index contributed by atoms with van der Waals surface area (Å²) in [6, 6.07) is 19.9. The van der Waals surface area contributed by atoms with Crippen LogP contribution in [0.15, 0.2) is 66.7 Å². The lowest BCUT2D eigenvalue weighted by Crippen LogP contribution is -2.52. The van der Waals surface area contributed by atoms with E-state index in [0.717, 1.165) is 44.2 Å². The Morgan fingerprint density at radius 1 is 0.949 bits per heavy atom. The second-order valence-electron chi connectivity index (χ2n) is 10.2. The molecule has 3 heterocycles. The summed E-state index contributed by atoms with van der Waals surface area (Å²) in [5.41, 5.74) is 0.803. The van der Waals surface area contributed by atoms with Crippen molar-refractivity contribution in [3.8, 4) is 17.2 Å². The fourth-order valence-corrected chi connectivity index (χ4v) is 5.52. The molecule has 0 unspecified atom stereocenters. The monoisotopic (exact) mass is 529 g/mol. The highest BCUT2D eigenvalue weighted by molar-refractivity contribution is 6.10. The molecule has 3 aliphatic rings. The van der Waals surface area contributed by atoms with E-state index in [0.29, 0.717) is 29.2 Å². The summed E-state index contributed by atoms with van der Waals surface area (Å²) in [5.74, 6) is 1.44. The van der Waals surface area contributed by atoms with E-state index < -0.39 is 11.5 Å². The predicted molar refractivity (Wildman–Crippen MR) is 144 cm³/mol. The molecular formula is C30H31N3O6. The quantitative estimate of drug-likeness (QED) is 0.446. The zero-order chi connectivity index (χ0) is 27.0. The van der Waals surface area contributed by atoms with Gasteiger partial charge in [0, 0.05) is 43.9 Å². The Hall–Kier alpha value is -3.92. The van der Waals surface area contributed by atoms with Crippen LogP contribution in [0.2, 0.25) is 0 Å². The molecule has 1 atom stereocenters. The fraction of sp³-hybridized carbons (Fsp3) is 0.333. The number of Topliss-reactive ketones (excluding diaryl/α,β-unsaturated/α-hetero) is 1. The van der Waals surface area contributed by atoms with E-state index >= 15 is 0 Å². The smallest absolute Gasteiger partial charge is 0.265 e. The second kappa shape index (κ2) is 10.3. The number of para-hydroxylation sites is 1. The Balaban J connectivity index is 1.11. The summed E-state index contributed by atoms with van der Waals surface area (Å²) in [5, 5.41) is 11.6. The van der Waals surface area contributed by atoms with E-state index in [1.165, 1.54) is 5.56 Å². The van der Waals surface area contributed by atoms with E-state index in [2.05, 4.69) is 15.9 Å². The van der Waals surface area contributed by atoms with Crippen LogP contribution in [0, 0.1) is 0 Å². The molecule has 202 valence electrons. The first-order chi connectivity index (χ1) is 18.9. The summed E-state index contributed by atoms with van der Waals surface area (Å²) in [6.45, 7) is 4.67. The number of hydrogen-bond donors (Lipinski definition) is 1. The zero-order valence-corrected chi connectivity index (χ0v) is 21.8.